The zero-order chi connectivity index (χ0) is 15.3. The van der Waals surface area contributed by atoms with Gasteiger partial charge in [-0.1, -0.05) is 32.0 Å². The molecule has 0 spiro atoms. The van der Waals surface area contributed by atoms with Crippen molar-refractivity contribution < 1.29 is 23.1 Å². The first-order valence-corrected chi connectivity index (χ1v) is 6.29. The summed E-state index contributed by atoms with van der Waals surface area (Å²) in [5.74, 6) is -0.873. The Morgan fingerprint density at radius 1 is 1.30 bits per heavy atom. The molecule has 0 saturated carbocycles. The van der Waals surface area contributed by atoms with Gasteiger partial charge in [0.1, 0.15) is 0 Å². The van der Waals surface area contributed by atoms with Gasteiger partial charge in [0, 0.05) is 13.1 Å². The maximum atomic E-state index is 12.9. The molecular weight excluding hydrogens is 271 g/mol. The molecule has 0 amide bonds. The van der Waals surface area contributed by atoms with Gasteiger partial charge in [-0.15, -0.1) is 0 Å². The van der Waals surface area contributed by atoms with Crippen molar-refractivity contribution in [3.8, 4) is 0 Å². The van der Waals surface area contributed by atoms with Crippen LogP contribution in [-0.4, -0.2) is 29.1 Å². The minimum absolute atomic E-state index is 0.0276. The Morgan fingerprint density at radius 3 is 2.40 bits per heavy atom. The van der Waals surface area contributed by atoms with E-state index in [0.29, 0.717) is 6.54 Å². The zero-order valence-corrected chi connectivity index (χ0v) is 11.4. The van der Waals surface area contributed by atoms with Crippen molar-refractivity contribution in [1.82, 2.24) is 4.90 Å². The molecule has 1 aromatic rings. The molecule has 0 atom stereocenters. The SMILES string of the molecule is CC(C)CN(CC(=O)O)Cc1ccccc1C(F)(F)F. The van der Waals surface area contributed by atoms with Crippen LogP contribution in [0.25, 0.3) is 0 Å². The van der Waals surface area contributed by atoms with E-state index in [2.05, 4.69) is 0 Å². The van der Waals surface area contributed by atoms with E-state index < -0.39 is 17.7 Å². The topological polar surface area (TPSA) is 40.5 Å². The highest BCUT2D eigenvalue weighted by Gasteiger charge is 2.33. The molecule has 0 aliphatic carbocycles. The van der Waals surface area contributed by atoms with Gasteiger partial charge in [0.2, 0.25) is 0 Å². The molecule has 1 aromatic carbocycles. The fourth-order valence-electron chi connectivity index (χ4n) is 2.07. The van der Waals surface area contributed by atoms with Gasteiger partial charge >= 0.3 is 12.1 Å². The van der Waals surface area contributed by atoms with Crippen LogP contribution in [-0.2, 0) is 17.5 Å². The van der Waals surface area contributed by atoms with Crippen LogP contribution in [0.1, 0.15) is 25.0 Å². The molecule has 0 aliphatic heterocycles. The van der Waals surface area contributed by atoms with Gasteiger partial charge < -0.3 is 5.11 Å². The lowest BCUT2D eigenvalue weighted by Gasteiger charge is -2.24. The zero-order valence-electron chi connectivity index (χ0n) is 11.4. The van der Waals surface area contributed by atoms with Gasteiger partial charge in [-0.3, -0.25) is 9.69 Å². The molecule has 0 saturated heterocycles. The highest BCUT2D eigenvalue weighted by atomic mass is 19.4. The molecule has 0 radical (unpaired) electrons. The second kappa shape index (κ2) is 6.74. The van der Waals surface area contributed by atoms with Crippen LogP contribution in [0.2, 0.25) is 0 Å². The van der Waals surface area contributed by atoms with Gasteiger partial charge in [-0.25, -0.2) is 0 Å². The Hall–Kier alpha value is -1.56. The minimum atomic E-state index is -4.43. The maximum Gasteiger partial charge on any atom is 0.416 e. The quantitative estimate of drug-likeness (QED) is 0.874. The number of aliphatic carboxylic acids is 1. The lowest BCUT2D eigenvalue weighted by Crippen LogP contribution is -2.33. The van der Waals surface area contributed by atoms with Gasteiger partial charge in [-0.2, -0.15) is 13.2 Å². The first kappa shape index (κ1) is 16.5. The molecule has 0 heterocycles. The molecule has 0 aromatic heterocycles. The van der Waals surface area contributed by atoms with E-state index >= 15 is 0 Å². The van der Waals surface area contributed by atoms with Crippen LogP contribution in [0.4, 0.5) is 13.2 Å². The van der Waals surface area contributed by atoms with E-state index in [1.165, 1.54) is 23.1 Å². The summed E-state index contributed by atoms with van der Waals surface area (Å²) < 4.78 is 38.7. The van der Waals surface area contributed by atoms with Crippen LogP contribution in [0.5, 0.6) is 0 Å². The van der Waals surface area contributed by atoms with E-state index in [1.54, 1.807) is 0 Å². The Kier molecular flexibility index (Phi) is 5.56. The average molecular weight is 289 g/mol. The smallest absolute Gasteiger partial charge is 0.416 e. The number of carboxylic acid groups (broad SMARTS) is 1. The summed E-state index contributed by atoms with van der Waals surface area (Å²) in [6.07, 6.45) is -4.43. The van der Waals surface area contributed by atoms with E-state index in [4.69, 9.17) is 5.11 Å². The summed E-state index contributed by atoms with van der Waals surface area (Å²) in [7, 11) is 0. The summed E-state index contributed by atoms with van der Waals surface area (Å²) in [5, 5.41) is 8.84. The van der Waals surface area contributed by atoms with Crippen molar-refractivity contribution >= 4 is 5.97 Å². The Labute approximate surface area is 116 Å². The molecule has 20 heavy (non-hydrogen) atoms. The first-order chi connectivity index (χ1) is 9.20. The fourth-order valence-corrected chi connectivity index (χ4v) is 2.07. The van der Waals surface area contributed by atoms with Crippen molar-refractivity contribution in [2.75, 3.05) is 13.1 Å². The third kappa shape index (κ3) is 5.21. The van der Waals surface area contributed by atoms with Crippen LogP contribution in [0.3, 0.4) is 0 Å². The molecule has 1 rings (SSSR count). The lowest BCUT2D eigenvalue weighted by molar-refractivity contribution is -0.139. The summed E-state index contributed by atoms with van der Waals surface area (Å²) in [5.41, 5.74) is -0.610. The van der Waals surface area contributed by atoms with Crippen LogP contribution in [0.15, 0.2) is 24.3 Å². The van der Waals surface area contributed by atoms with Crippen molar-refractivity contribution in [1.29, 1.82) is 0 Å². The minimum Gasteiger partial charge on any atom is -0.480 e. The number of carbonyl (C=O) groups is 1. The standard InChI is InChI=1S/C14H18F3NO2/c1-10(2)7-18(9-13(19)20)8-11-5-3-4-6-12(11)14(15,16)17/h3-6,10H,7-9H2,1-2H3,(H,19,20). The normalized spacial score (nSPS) is 12.2. The largest absolute Gasteiger partial charge is 0.480 e. The Balaban J connectivity index is 2.96. The third-order valence-corrected chi connectivity index (χ3v) is 2.70. The fraction of sp³-hybridized carbons (Fsp3) is 0.500. The number of rotatable bonds is 6. The molecule has 0 aliphatic rings. The van der Waals surface area contributed by atoms with Crippen molar-refractivity contribution in [3.05, 3.63) is 35.4 Å². The number of carboxylic acids is 1. The van der Waals surface area contributed by atoms with Gasteiger partial charge in [0.05, 0.1) is 12.1 Å². The van der Waals surface area contributed by atoms with E-state index in [0.717, 1.165) is 6.07 Å². The second-order valence-corrected chi connectivity index (χ2v) is 5.11. The summed E-state index contributed by atoms with van der Waals surface area (Å²) >= 11 is 0. The van der Waals surface area contributed by atoms with E-state index in [-0.39, 0.29) is 24.6 Å². The summed E-state index contributed by atoms with van der Waals surface area (Å²) in [6, 6.07) is 5.26. The molecular formula is C14H18F3NO2. The van der Waals surface area contributed by atoms with Gasteiger partial charge in [0.15, 0.2) is 0 Å². The number of nitrogens with zero attached hydrogens (tertiary/aromatic N) is 1. The van der Waals surface area contributed by atoms with Crippen molar-refractivity contribution in [2.24, 2.45) is 5.92 Å². The van der Waals surface area contributed by atoms with Crippen molar-refractivity contribution in [3.63, 3.8) is 0 Å². The molecule has 0 unspecified atom stereocenters. The summed E-state index contributed by atoms with van der Waals surface area (Å²) in [4.78, 5) is 12.3. The molecule has 112 valence electrons. The molecule has 6 heteroatoms. The van der Waals surface area contributed by atoms with E-state index in [9.17, 15) is 18.0 Å². The van der Waals surface area contributed by atoms with Gasteiger partial charge in [-0.05, 0) is 17.5 Å². The number of hydrogen-bond donors (Lipinski definition) is 1. The molecule has 1 N–H and O–H groups in total. The van der Waals surface area contributed by atoms with Crippen LogP contribution >= 0.6 is 0 Å². The lowest BCUT2D eigenvalue weighted by atomic mass is 10.1. The number of alkyl halides is 3. The van der Waals surface area contributed by atoms with Crippen LogP contribution in [0, 0.1) is 5.92 Å². The number of benzene rings is 1. The predicted molar refractivity (Wildman–Crippen MR) is 69.2 cm³/mol. The first-order valence-electron chi connectivity index (χ1n) is 6.29. The van der Waals surface area contributed by atoms with E-state index in [1.807, 2.05) is 13.8 Å². The molecule has 3 nitrogen and oxygen atoms in total. The highest BCUT2D eigenvalue weighted by molar-refractivity contribution is 5.69. The second-order valence-electron chi connectivity index (χ2n) is 5.11. The molecule has 0 fully saturated rings. The monoisotopic (exact) mass is 289 g/mol. The Bertz CT molecular complexity index is 458. The highest BCUT2D eigenvalue weighted by Crippen LogP contribution is 2.32. The number of hydrogen-bond acceptors (Lipinski definition) is 2. The molecule has 0 bridgehead atoms. The maximum absolute atomic E-state index is 12.9. The Morgan fingerprint density at radius 2 is 1.90 bits per heavy atom. The number of halogens is 3. The third-order valence-electron chi connectivity index (χ3n) is 2.70. The predicted octanol–water partition coefficient (Wildman–Crippen LogP) is 3.25. The average Bonchev–Trinajstić information content (AvgIpc) is 2.26. The summed E-state index contributed by atoms with van der Waals surface area (Å²) in [6.45, 7) is 3.91. The van der Waals surface area contributed by atoms with Gasteiger partial charge in [0.25, 0.3) is 0 Å². The van der Waals surface area contributed by atoms with Crippen molar-refractivity contribution in [2.45, 2.75) is 26.6 Å². The van der Waals surface area contributed by atoms with Crippen LogP contribution < -0.4 is 0 Å².